The number of methoxy groups -OCH3 is 2. The van der Waals surface area contributed by atoms with Crippen molar-refractivity contribution >= 4 is 5.96 Å². The third-order valence-electron chi connectivity index (χ3n) is 5.51. The summed E-state index contributed by atoms with van der Waals surface area (Å²) in [5.74, 6) is 4.11. The van der Waals surface area contributed by atoms with E-state index >= 15 is 0 Å². The van der Waals surface area contributed by atoms with Gasteiger partial charge in [0.2, 0.25) is 0 Å². The molecule has 2 rings (SSSR count). The molecule has 1 aliphatic heterocycles. The molecule has 164 valence electrons. The molecule has 2 unspecified atom stereocenters. The van der Waals surface area contributed by atoms with Crippen LogP contribution in [0.2, 0.25) is 0 Å². The summed E-state index contributed by atoms with van der Waals surface area (Å²) in [5.41, 5.74) is 1.25. The molecule has 0 saturated carbocycles. The van der Waals surface area contributed by atoms with E-state index in [1.807, 2.05) is 6.07 Å². The Kier molecular flexibility index (Phi) is 9.58. The average molecular weight is 406 g/mol. The predicted octanol–water partition coefficient (Wildman–Crippen LogP) is 3.50. The van der Waals surface area contributed by atoms with Gasteiger partial charge in [0.25, 0.3) is 0 Å². The minimum Gasteiger partial charge on any atom is -0.497 e. The van der Waals surface area contributed by atoms with Crippen LogP contribution in [0.5, 0.6) is 11.5 Å². The van der Waals surface area contributed by atoms with Gasteiger partial charge >= 0.3 is 0 Å². The molecular formula is C23H39N3O3. The molecule has 1 fully saturated rings. The number of nitrogens with one attached hydrogen (secondary N) is 1. The molecule has 6 nitrogen and oxygen atoms in total. The largest absolute Gasteiger partial charge is 0.497 e. The second-order valence-electron chi connectivity index (χ2n) is 8.28. The number of guanidine groups is 1. The number of aliphatic hydroxyl groups is 1. The maximum Gasteiger partial charge on any atom is 0.193 e. The molecule has 1 aliphatic rings. The maximum absolute atomic E-state index is 9.38. The first kappa shape index (κ1) is 23.3. The van der Waals surface area contributed by atoms with E-state index in [1.54, 1.807) is 14.2 Å². The molecule has 0 spiro atoms. The Morgan fingerprint density at radius 2 is 1.93 bits per heavy atom. The summed E-state index contributed by atoms with van der Waals surface area (Å²) in [4.78, 5) is 7.29. The van der Waals surface area contributed by atoms with Crippen LogP contribution in [0.15, 0.2) is 23.2 Å². The third kappa shape index (κ3) is 7.11. The molecule has 2 N–H and O–H groups in total. The molecular weight excluding hydrogens is 366 g/mol. The van der Waals surface area contributed by atoms with Crippen molar-refractivity contribution in [2.24, 2.45) is 16.8 Å². The van der Waals surface area contributed by atoms with Crippen molar-refractivity contribution in [1.29, 1.82) is 0 Å². The molecule has 0 amide bonds. The van der Waals surface area contributed by atoms with Gasteiger partial charge in [-0.25, -0.2) is 0 Å². The molecule has 0 bridgehead atoms. The standard InChI is InChI=1S/C23H39N3O3/c1-6-24-23(25-15-18(8-10-27)11-17(2)3)26-9-7-19(16-26)20-12-21(28-4)14-22(13-20)29-5/h12-14,17-19,27H,6-11,15-16H2,1-5H3,(H,24,25). The highest BCUT2D eigenvalue weighted by molar-refractivity contribution is 5.80. The van der Waals surface area contributed by atoms with Crippen molar-refractivity contribution in [2.75, 3.05) is 47.0 Å². The Labute approximate surface area is 176 Å². The van der Waals surface area contributed by atoms with Crippen LogP contribution in [0, 0.1) is 11.8 Å². The number of nitrogens with zero attached hydrogens (tertiary/aromatic N) is 2. The van der Waals surface area contributed by atoms with Crippen LogP contribution in [0.3, 0.4) is 0 Å². The Morgan fingerprint density at radius 1 is 1.24 bits per heavy atom. The normalized spacial score (nSPS) is 18.2. The average Bonchev–Trinajstić information content (AvgIpc) is 3.20. The number of rotatable bonds is 10. The van der Waals surface area contributed by atoms with Crippen molar-refractivity contribution in [3.8, 4) is 11.5 Å². The quantitative estimate of drug-likeness (QED) is 0.461. The van der Waals surface area contributed by atoms with Gasteiger partial charge in [0.05, 0.1) is 14.2 Å². The van der Waals surface area contributed by atoms with Crippen molar-refractivity contribution in [1.82, 2.24) is 10.2 Å². The number of aliphatic hydroxyl groups excluding tert-OH is 1. The van der Waals surface area contributed by atoms with E-state index in [4.69, 9.17) is 14.5 Å². The van der Waals surface area contributed by atoms with Gasteiger partial charge in [-0.3, -0.25) is 4.99 Å². The van der Waals surface area contributed by atoms with Crippen molar-refractivity contribution in [3.05, 3.63) is 23.8 Å². The topological polar surface area (TPSA) is 66.3 Å². The first-order valence-electron chi connectivity index (χ1n) is 10.9. The zero-order chi connectivity index (χ0) is 21.2. The fraction of sp³-hybridized carbons (Fsp3) is 0.696. The van der Waals surface area contributed by atoms with E-state index in [-0.39, 0.29) is 6.61 Å². The Hall–Kier alpha value is -1.95. The van der Waals surface area contributed by atoms with Crippen LogP contribution < -0.4 is 14.8 Å². The van der Waals surface area contributed by atoms with Gasteiger partial charge in [-0.2, -0.15) is 0 Å². The minimum atomic E-state index is 0.229. The number of hydrogen-bond donors (Lipinski definition) is 2. The monoisotopic (exact) mass is 405 g/mol. The van der Waals surface area contributed by atoms with Crippen LogP contribution in [0.4, 0.5) is 0 Å². The lowest BCUT2D eigenvalue weighted by molar-refractivity contribution is 0.245. The second-order valence-corrected chi connectivity index (χ2v) is 8.28. The molecule has 2 atom stereocenters. The van der Waals surface area contributed by atoms with E-state index in [0.29, 0.717) is 17.8 Å². The first-order chi connectivity index (χ1) is 14.0. The fourth-order valence-corrected chi connectivity index (χ4v) is 4.06. The van der Waals surface area contributed by atoms with E-state index in [0.717, 1.165) is 62.9 Å². The predicted molar refractivity (Wildman–Crippen MR) is 119 cm³/mol. The van der Waals surface area contributed by atoms with E-state index in [2.05, 4.69) is 43.1 Å². The SMILES string of the molecule is CCNC(=NCC(CCO)CC(C)C)N1CCC(c2cc(OC)cc(OC)c2)C1. The summed E-state index contributed by atoms with van der Waals surface area (Å²) < 4.78 is 10.9. The first-order valence-corrected chi connectivity index (χ1v) is 10.9. The summed E-state index contributed by atoms with van der Waals surface area (Å²) in [6.07, 6.45) is 2.98. The molecule has 0 aliphatic carbocycles. The van der Waals surface area contributed by atoms with Gasteiger partial charge in [-0.15, -0.1) is 0 Å². The molecule has 6 heteroatoms. The highest BCUT2D eigenvalue weighted by Crippen LogP contribution is 2.33. The summed E-state index contributed by atoms with van der Waals surface area (Å²) in [7, 11) is 3.38. The van der Waals surface area contributed by atoms with E-state index < -0.39 is 0 Å². The maximum atomic E-state index is 9.38. The van der Waals surface area contributed by atoms with Crippen LogP contribution in [0.1, 0.15) is 51.5 Å². The molecule has 29 heavy (non-hydrogen) atoms. The second kappa shape index (κ2) is 11.9. The number of ether oxygens (including phenoxy) is 2. The van der Waals surface area contributed by atoms with Gasteiger partial charge in [-0.05, 0) is 55.7 Å². The van der Waals surface area contributed by atoms with Crippen LogP contribution in [0.25, 0.3) is 0 Å². The third-order valence-corrected chi connectivity index (χ3v) is 5.51. The van der Waals surface area contributed by atoms with Crippen molar-refractivity contribution in [2.45, 2.75) is 46.0 Å². The van der Waals surface area contributed by atoms with Crippen LogP contribution >= 0.6 is 0 Å². The fourth-order valence-electron chi connectivity index (χ4n) is 4.06. The van der Waals surface area contributed by atoms with Gasteiger partial charge in [0.1, 0.15) is 11.5 Å². The summed E-state index contributed by atoms with van der Waals surface area (Å²) in [6, 6.07) is 6.14. The van der Waals surface area contributed by atoms with Gasteiger partial charge in [0, 0.05) is 44.8 Å². The van der Waals surface area contributed by atoms with Crippen molar-refractivity contribution < 1.29 is 14.6 Å². The van der Waals surface area contributed by atoms with Crippen molar-refractivity contribution in [3.63, 3.8) is 0 Å². The lowest BCUT2D eigenvalue weighted by Gasteiger charge is -2.23. The number of likely N-dealkylation sites (tertiary alicyclic amines) is 1. The zero-order valence-corrected chi connectivity index (χ0v) is 18.8. The molecule has 1 aromatic carbocycles. The van der Waals surface area contributed by atoms with Gasteiger partial charge in [0.15, 0.2) is 5.96 Å². The zero-order valence-electron chi connectivity index (χ0n) is 18.8. The summed E-state index contributed by atoms with van der Waals surface area (Å²) in [6.45, 7) is 10.3. The molecule has 0 aromatic heterocycles. The van der Waals surface area contributed by atoms with E-state index in [1.165, 1.54) is 5.56 Å². The highest BCUT2D eigenvalue weighted by Gasteiger charge is 2.27. The highest BCUT2D eigenvalue weighted by atomic mass is 16.5. The van der Waals surface area contributed by atoms with Gasteiger partial charge < -0.3 is 24.8 Å². The number of benzene rings is 1. The van der Waals surface area contributed by atoms with Crippen LogP contribution in [-0.4, -0.2) is 63.0 Å². The summed E-state index contributed by atoms with van der Waals surface area (Å²) in [5, 5.41) is 12.8. The molecule has 1 saturated heterocycles. The summed E-state index contributed by atoms with van der Waals surface area (Å²) >= 11 is 0. The number of hydrogen-bond acceptors (Lipinski definition) is 4. The molecule has 1 heterocycles. The smallest absolute Gasteiger partial charge is 0.193 e. The minimum absolute atomic E-state index is 0.229. The van der Waals surface area contributed by atoms with Crippen LogP contribution in [-0.2, 0) is 0 Å². The Bertz CT molecular complexity index is 626. The number of aliphatic imine (C=N–C) groups is 1. The Balaban J connectivity index is 2.09. The molecule has 1 aromatic rings. The Morgan fingerprint density at radius 3 is 2.48 bits per heavy atom. The van der Waals surface area contributed by atoms with Gasteiger partial charge in [-0.1, -0.05) is 13.8 Å². The van der Waals surface area contributed by atoms with E-state index in [9.17, 15) is 5.11 Å². The lowest BCUT2D eigenvalue weighted by Crippen LogP contribution is -2.40. The molecule has 0 radical (unpaired) electrons. The lowest BCUT2D eigenvalue weighted by atomic mass is 9.94.